The van der Waals surface area contributed by atoms with E-state index < -0.39 is 12.1 Å². The third kappa shape index (κ3) is 2.59. The number of imide groups is 1. The molecule has 0 aliphatic rings. The number of nitrogens with zero attached hydrogens (tertiary/aromatic N) is 2. The molecule has 88 valence electrons. The van der Waals surface area contributed by atoms with Gasteiger partial charge in [0.1, 0.15) is 6.04 Å². The van der Waals surface area contributed by atoms with E-state index in [2.05, 4.69) is 15.7 Å². The molecular weight excluding hydrogens is 208 g/mol. The van der Waals surface area contributed by atoms with Crippen LogP contribution in [0.4, 0.5) is 4.79 Å². The van der Waals surface area contributed by atoms with Crippen molar-refractivity contribution in [3.63, 3.8) is 0 Å². The summed E-state index contributed by atoms with van der Waals surface area (Å²) in [6, 6.07) is 0.855. The standard InChI is InChI=1S/C10H16N4O2/c1-6-5-7(2)14(13-6)8(3)9(15)12-10(16)11-4/h5,8H,1-4H3,(H2,11,12,15,16). The zero-order chi connectivity index (χ0) is 12.3. The summed E-state index contributed by atoms with van der Waals surface area (Å²) < 4.78 is 1.59. The topological polar surface area (TPSA) is 76.0 Å². The van der Waals surface area contributed by atoms with E-state index in [0.29, 0.717) is 0 Å². The maximum Gasteiger partial charge on any atom is 0.321 e. The molecule has 0 fully saturated rings. The van der Waals surface area contributed by atoms with Gasteiger partial charge in [0.15, 0.2) is 0 Å². The molecule has 0 aliphatic carbocycles. The van der Waals surface area contributed by atoms with Gasteiger partial charge in [-0.2, -0.15) is 5.10 Å². The molecule has 0 saturated heterocycles. The molecule has 6 nitrogen and oxygen atoms in total. The lowest BCUT2D eigenvalue weighted by molar-refractivity contribution is -0.123. The van der Waals surface area contributed by atoms with E-state index in [1.807, 2.05) is 19.9 Å². The van der Waals surface area contributed by atoms with Crippen LogP contribution in [0.3, 0.4) is 0 Å². The molecule has 3 amide bonds. The van der Waals surface area contributed by atoms with Crippen LogP contribution in [0.2, 0.25) is 0 Å². The Balaban J connectivity index is 2.78. The van der Waals surface area contributed by atoms with E-state index in [0.717, 1.165) is 11.4 Å². The van der Waals surface area contributed by atoms with Gasteiger partial charge in [0.2, 0.25) is 0 Å². The van der Waals surface area contributed by atoms with Crippen molar-refractivity contribution in [1.29, 1.82) is 0 Å². The van der Waals surface area contributed by atoms with Crippen LogP contribution in [0.1, 0.15) is 24.4 Å². The number of carbonyl (C=O) groups excluding carboxylic acids is 2. The first kappa shape index (κ1) is 12.2. The molecule has 0 radical (unpaired) electrons. The molecule has 1 aromatic heterocycles. The fraction of sp³-hybridized carbons (Fsp3) is 0.500. The summed E-state index contributed by atoms with van der Waals surface area (Å²) in [6.07, 6.45) is 0. The summed E-state index contributed by atoms with van der Waals surface area (Å²) >= 11 is 0. The van der Waals surface area contributed by atoms with Gasteiger partial charge in [0.25, 0.3) is 5.91 Å². The summed E-state index contributed by atoms with van der Waals surface area (Å²) in [5, 5.41) is 8.72. The first-order chi connectivity index (χ1) is 7.45. The second-order valence-corrected chi connectivity index (χ2v) is 3.62. The summed E-state index contributed by atoms with van der Waals surface area (Å²) in [5.74, 6) is -0.384. The van der Waals surface area contributed by atoms with Crippen LogP contribution in [0.25, 0.3) is 0 Å². The second kappa shape index (κ2) is 4.78. The lowest BCUT2D eigenvalue weighted by atomic mass is 10.3. The zero-order valence-corrected chi connectivity index (χ0v) is 9.87. The van der Waals surface area contributed by atoms with Crippen molar-refractivity contribution < 1.29 is 9.59 Å². The Hall–Kier alpha value is -1.85. The molecule has 16 heavy (non-hydrogen) atoms. The van der Waals surface area contributed by atoms with Gasteiger partial charge in [-0.1, -0.05) is 0 Å². The highest BCUT2D eigenvalue weighted by molar-refractivity contribution is 5.95. The highest BCUT2D eigenvalue weighted by atomic mass is 16.2. The lowest BCUT2D eigenvalue weighted by Gasteiger charge is -2.13. The van der Waals surface area contributed by atoms with Crippen molar-refractivity contribution in [1.82, 2.24) is 20.4 Å². The van der Waals surface area contributed by atoms with Crippen LogP contribution < -0.4 is 10.6 Å². The number of carbonyl (C=O) groups is 2. The number of aryl methyl sites for hydroxylation is 2. The SMILES string of the molecule is CNC(=O)NC(=O)C(C)n1nc(C)cc1C. The molecular formula is C10H16N4O2. The van der Waals surface area contributed by atoms with Gasteiger partial charge in [-0.05, 0) is 26.8 Å². The van der Waals surface area contributed by atoms with Gasteiger partial charge < -0.3 is 5.32 Å². The Morgan fingerprint density at radius 3 is 2.50 bits per heavy atom. The van der Waals surface area contributed by atoms with Crippen molar-refractivity contribution in [3.05, 3.63) is 17.5 Å². The fourth-order valence-corrected chi connectivity index (χ4v) is 1.43. The van der Waals surface area contributed by atoms with Gasteiger partial charge >= 0.3 is 6.03 Å². The third-order valence-corrected chi connectivity index (χ3v) is 2.25. The summed E-state index contributed by atoms with van der Waals surface area (Å²) in [4.78, 5) is 22.6. The minimum atomic E-state index is -0.515. The minimum Gasteiger partial charge on any atom is -0.341 e. The van der Waals surface area contributed by atoms with Crippen LogP contribution in [-0.4, -0.2) is 28.8 Å². The normalized spacial score (nSPS) is 12.0. The molecule has 0 spiro atoms. The Bertz CT molecular complexity index is 411. The Labute approximate surface area is 94.0 Å². The average molecular weight is 224 g/mol. The molecule has 1 unspecified atom stereocenters. The van der Waals surface area contributed by atoms with Gasteiger partial charge in [0, 0.05) is 12.7 Å². The van der Waals surface area contributed by atoms with Gasteiger partial charge in [0.05, 0.1) is 5.69 Å². The van der Waals surface area contributed by atoms with Crippen molar-refractivity contribution in [2.24, 2.45) is 0 Å². The quantitative estimate of drug-likeness (QED) is 0.768. The zero-order valence-electron chi connectivity index (χ0n) is 9.87. The predicted octanol–water partition coefficient (Wildman–Crippen LogP) is 0.517. The predicted molar refractivity (Wildman–Crippen MR) is 59.0 cm³/mol. The first-order valence-corrected chi connectivity index (χ1v) is 5.01. The Morgan fingerprint density at radius 2 is 2.06 bits per heavy atom. The van der Waals surface area contributed by atoms with E-state index >= 15 is 0 Å². The smallest absolute Gasteiger partial charge is 0.321 e. The number of hydrogen-bond donors (Lipinski definition) is 2. The van der Waals surface area contributed by atoms with Gasteiger partial charge in [-0.3, -0.25) is 14.8 Å². The van der Waals surface area contributed by atoms with Crippen LogP contribution in [0.5, 0.6) is 0 Å². The molecule has 6 heteroatoms. The van der Waals surface area contributed by atoms with Gasteiger partial charge in [-0.25, -0.2) is 4.79 Å². The number of urea groups is 1. The van der Waals surface area contributed by atoms with E-state index in [1.54, 1.807) is 11.6 Å². The second-order valence-electron chi connectivity index (χ2n) is 3.62. The summed E-state index contributed by atoms with van der Waals surface area (Å²) in [7, 11) is 1.45. The molecule has 1 rings (SSSR count). The lowest BCUT2D eigenvalue weighted by Crippen LogP contribution is -2.41. The highest BCUT2D eigenvalue weighted by Crippen LogP contribution is 2.10. The van der Waals surface area contributed by atoms with Crippen LogP contribution in [-0.2, 0) is 4.79 Å². The van der Waals surface area contributed by atoms with Gasteiger partial charge in [-0.15, -0.1) is 0 Å². The first-order valence-electron chi connectivity index (χ1n) is 5.01. The van der Waals surface area contributed by atoms with Crippen molar-refractivity contribution in [3.8, 4) is 0 Å². The summed E-state index contributed by atoms with van der Waals surface area (Å²) in [5.41, 5.74) is 1.73. The van der Waals surface area contributed by atoms with Crippen LogP contribution in [0.15, 0.2) is 6.07 Å². The number of amides is 3. The van der Waals surface area contributed by atoms with Crippen molar-refractivity contribution in [2.45, 2.75) is 26.8 Å². The Morgan fingerprint density at radius 1 is 1.44 bits per heavy atom. The third-order valence-electron chi connectivity index (χ3n) is 2.25. The number of nitrogens with one attached hydrogen (secondary N) is 2. The monoisotopic (exact) mass is 224 g/mol. The molecule has 1 aromatic rings. The number of hydrogen-bond acceptors (Lipinski definition) is 3. The van der Waals surface area contributed by atoms with E-state index in [9.17, 15) is 9.59 Å². The highest BCUT2D eigenvalue weighted by Gasteiger charge is 2.19. The molecule has 0 saturated carbocycles. The van der Waals surface area contributed by atoms with Crippen LogP contribution >= 0.6 is 0 Å². The maximum absolute atomic E-state index is 11.6. The molecule has 0 aromatic carbocycles. The largest absolute Gasteiger partial charge is 0.341 e. The molecule has 1 atom stereocenters. The van der Waals surface area contributed by atoms with Crippen molar-refractivity contribution in [2.75, 3.05) is 7.05 Å². The minimum absolute atomic E-state index is 0.384. The fourth-order valence-electron chi connectivity index (χ4n) is 1.43. The molecule has 0 aliphatic heterocycles. The average Bonchev–Trinajstić information content (AvgIpc) is 2.56. The Kier molecular flexibility index (Phi) is 3.65. The molecule has 2 N–H and O–H groups in total. The molecule has 0 bridgehead atoms. The van der Waals surface area contributed by atoms with Crippen LogP contribution in [0, 0.1) is 13.8 Å². The van der Waals surface area contributed by atoms with E-state index in [4.69, 9.17) is 0 Å². The molecule has 1 heterocycles. The van der Waals surface area contributed by atoms with E-state index in [-0.39, 0.29) is 5.91 Å². The number of aromatic nitrogens is 2. The maximum atomic E-state index is 11.6. The number of rotatable bonds is 2. The van der Waals surface area contributed by atoms with E-state index in [1.165, 1.54) is 7.05 Å². The van der Waals surface area contributed by atoms with Crippen molar-refractivity contribution >= 4 is 11.9 Å². The summed E-state index contributed by atoms with van der Waals surface area (Å²) in [6.45, 7) is 5.41.